The fourth-order valence-electron chi connectivity index (χ4n) is 1.43. The molecule has 0 radical (unpaired) electrons. The van der Waals surface area contributed by atoms with Crippen LogP contribution in [0.15, 0.2) is 24.3 Å². The van der Waals surface area contributed by atoms with Crippen molar-refractivity contribution in [2.24, 2.45) is 0 Å². The summed E-state index contributed by atoms with van der Waals surface area (Å²) in [4.78, 5) is 24.1. The highest BCUT2D eigenvalue weighted by Gasteiger charge is 2.09. The maximum atomic E-state index is 10.8. The van der Waals surface area contributed by atoms with Crippen LogP contribution in [0.4, 0.5) is 0 Å². The minimum Gasteiger partial charge on any atom is -0.478 e. The Bertz CT molecular complexity index is 513. The number of benzene rings is 1. The van der Waals surface area contributed by atoms with Crippen LogP contribution >= 0.6 is 0 Å². The van der Waals surface area contributed by atoms with Gasteiger partial charge in [-0.25, -0.2) is 4.79 Å². The van der Waals surface area contributed by atoms with Gasteiger partial charge in [-0.1, -0.05) is 6.07 Å². The number of H-pyrrole nitrogens is 1. The average Bonchev–Trinajstić information content (AvgIpc) is 2.59. The molecule has 4 nitrogen and oxygen atoms in total. The Hall–Kier alpha value is -2.10. The highest BCUT2D eigenvalue weighted by Crippen LogP contribution is 2.19. The number of carboxylic acids is 1. The van der Waals surface area contributed by atoms with E-state index in [9.17, 15) is 9.59 Å². The number of nitrogens with one attached hydrogen (secondary N) is 1. The van der Waals surface area contributed by atoms with Crippen molar-refractivity contribution in [3.05, 3.63) is 35.5 Å². The van der Waals surface area contributed by atoms with Crippen LogP contribution < -0.4 is 0 Å². The first kappa shape index (κ1) is 8.50. The van der Waals surface area contributed by atoms with Gasteiger partial charge in [-0.15, -0.1) is 0 Å². The molecule has 1 aromatic carbocycles. The Balaban J connectivity index is 2.79. The Morgan fingerprint density at radius 3 is 2.86 bits per heavy atom. The molecule has 2 N–H and O–H groups in total. The minimum atomic E-state index is -0.993. The first-order valence-corrected chi connectivity index (χ1v) is 4.02. The predicted octanol–water partition coefficient (Wildman–Crippen LogP) is 1.68. The fourth-order valence-corrected chi connectivity index (χ4v) is 1.43. The summed E-state index contributed by atoms with van der Waals surface area (Å²) in [5.74, 6) is -0.993. The third-order valence-electron chi connectivity index (χ3n) is 2.04. The molecule has 0 unspecified atom stereocenters. The number of aldehydes is 1. The molecule has 0 amide bonds. The molecule has 0 bridgehead atoms. The van der Waals surface area contributed by atoms with Crippen molar-refractivity contribution in [3.8, 4) is 0 Å². The van der Waals surface area contributed by atoms with Crippen molar-refractivity contribution in [1.82, 2.24) is 4.98 Å². The molecule has 0 atom stereocenters. The van der Waals surface area contributed by atoms with Gasteiger partial charge in [-0.3, -0.25) is 4.79 Å². The van der Waals surface area contributed by atoms with E-state index in [0.29, 0.717) is 22.9 Å². The third kappa shape index (κ3) is 1.17. The van der Waals surface area contributed by atoms with E-state index in [1.165, 1.54) is 12.1 Å². The van der Waals surface area contributed by atoms with E-state index in [2.05, 4.69) is 4.98 Å². The van der Waals surface area contributed by atoms with E-state index >= 15 is 0 Å². The minimum absolute atomic E-state index is 0.201. The van der Waals surface area contributed by atoms with Gasteiger partial charge in [0.2, 0.25) is 0 Å². The normalized spacial score (nSPS) is 10.3. The topological polar surface area (TPSA) is 70.2 Å². The highest BCUT2D eigenvalue weighted by molar-refractivity contribution is 6.04. The Morgan fingerprint density at radius 1 is 1.43 bits per heavy atom. The Labute approximate surface area is 79.2 Å². The highest BCUT2D eigenvalue weighted by atomic mass is 16.4. The van der Waals surface area contributed by atoms with Gasteiger partial charge in [0.25, 0.3) is 0 Å². The second kappa shape index (κ2) is 2.99. The van der Waals surface area contributed by atoms with Crippen molar-refractivity contribution in [3.63, 3.8) is 0 Å². The van der Waals surface area contributed by atoms with Crippen LogP contribution in [0.2, 0.25) is 0 Å². The molecule has 0 aliphatic heterocycles. The first-order valence-electron chi connectivity index (χ1n) is 4.02. The summed E-state index contributed by atoms with van der Waals surface area (Å²) < 4.78 is 0. The monoisotopic (exact) mass is 189 g/mol. The Kier molecular flexibility index (Phi) is 1.81. The summed E-state index contributed by atoms with van der Waals surface area (Å²) >= 11 is 0. The smallest absolute Gasteiger partial charge is 0.336 e. The van der Waals surface area contributed by atoms with Gasteiger partial charge >= 0.3 is 5.97 Å². The molecule has 4 heteroatoms. The number of aromatic carboxylic acids is 1. The van der Waals surface area contributed by atoms with Crippen LogP contribution in [-0.4, -0.2) is 22.3 Å². The number of rotatable bonds is 2. The van der Waals surface area contributed by atoms with Gasteiger partial charge in [-0.05, 0) is 18.2 Å². The predicted molar refractivity (Wildman–Crippen MR) is 50.6 cm³/mol. The second-order valence-electron chi connectivity index (χ2n) is 2.91. The van der Waals surface area contributed by atoms with E-state index in [4.69, 9.17) is 5.11 Å². The molecule has 2 rings (SSSR count). The number of hydrogen-bond acceptors (Lipinski definition) is 2. The lowest BCUT2D eigenvalue weighted by atomic mass is 10.1. The number of hydrogen-bond donors (Lipinski definition) is 2. The summed E-state index contributed by atoms with van der Waals surface area (Å²) in [6.45, 7) is 0. The lowest BCUT2D eigenvalue weighted by Crippen LogP contribution is -1.95. The van der Waals surface area contributed by atoms with Crippen LogP contribution in [-0.2, 0) is 0 Å². The molecule has 1 aromatic heterocycles. The van der Waals surface area contributed by atoms with Crippen molar-refractivity contribution >= 4 is 23.2 Å². The number of fused-ring (bicyclic) bond motifs is 1. The second-order valence-corrected chi connectivity index (χ2v) is 2.91. The van der Waals surface area contributed by atoms with Crippen LogP contribution in [0, 0.1) is 0 Å². The van der Waals surface area contributed by atoms with Gasteiger partial charge in [0.05, 0.1) is 11.3 Å². The zero-order valence-electron chi connectivity index (χ0n) is 7.15. The number of carboxylic acid groups (broad SMARTS) is 1. The molecule has 0 fully saturated rings. The number of aromatic amines is 1. The standard InChI is InChI=1S/C10H7NO3/c12-5-6-4-8-7(10(13)14)2-1-3-9(8)11-6/h1-5,11H,(H,13,14). The van der Waals surface area contributed by atoms with Crippen LogP contribution in [0.3, 0.4) is 0 Å². The SMILES string of the molecule is O=Cc1cc2c(C(=O)O)cccc2[nH]1. The summed E-state index contributed by atoms with van der Waals surface area (Å²) in [6, 6.07) is 6.41. The molecular formula is C10H7NO3. The van der Waals surface area contributed by atoms with Crippen LogP contribution in [0.1, 0.15) is 20.8 Å². The largest absolute Gasteiger partial charge is 0.478 e. The zero-order valence-corrected chi connectivity index (χ0v) is 7.15. The van der Waals surface area contributed by atoms with E-state index in [1.54, 1.807) is 12.1 Å². The molecular weight excluding hydrogens is 182 g/mol. The van der Waals surface area contributed by atoms with E-state index in [1.807, 2.05) is 0 Å². The van der Waals surface area contributed by atoms with Gasteiger partial charge in [0.1, 0.15) is 0 Å². The van der Waals surface area contributed by atoms with Gasteiger partial charge < -0.3 is 10.1 Å². The molecule has 0 spiro atoms. The number of carbonyl (C=O) groups is 2. The summed E-state index contributed by atoms with van der Waals surface area (Å²) in [5, 5.41) is 9.42. The summed E-state index contributed by atoms with van der Waals surface area (Å²) in [7, 11) is 0. The molecule has 70 valence electrons. The van der Waals surface area contributed by atoms with Crippen LogP contribution in [0.5, 0.6) is 0 Å². The Morgan fingerprint density at radius 2 is 2.21 bits per heavy atom. The summed E-state index contributed by atoms with van der Waals surface area (Å²) in [6.07, 6.45) is 0.658. The molecule has 0 aliphatic rings. The van der Waals surface area contributed by atoms with Crippen molar-refractivity contribution in [1.29, 1.82) is 0 Å². The molecule has 0 saturated carbocycles. The van der Waals surface area contributed by atoms with E-state index in [0.717, 1.165) is 0 Å². The van der Waals surface area contributed by atoms with Crippen LogP contribution in [0.25, 0.3) is 10.9 Å². The molecule has 14 heavy (non-hydrogen) atoms. The van der Waals surface area contributed by atoms with E-state index in [-0.39, 0.29) is 5.56 Å². The molecule has 1 heterocycles. The maximum absolute atomic E-state index is 10.8. The molecule has 0 saturated heterocycles. The van der Waals surface area contributed by atoms with Crippen molar-refractivity contribution < 1.29 is 14.7 Å². The fraction of sp³-hybridized carbons (Fsp3) is 0. The number of aromatic nitrogens is 1. The molecule has 2 aromatic rings. The van der Waals surface area contributed by atoms with Gasteiger partial charge in [-0.2, -0.15) is 0 Å². The lowest BCUT2D eigenvalue weighted by molar-refractivity contribution is 0.0699. The quantitative estimate of drug-likeness (QED) is 0.706. The summed E-state index contributed by atoms with van der Waals surface area (Å²) in [5.41, 5.74) is 1.24. The first-order chi connectivity index (χ1) is 6.72. The number of carbonyl (C=O) groups excluding carboxylic acids is 1. The van der Waals surface area contributed by atoms with Crippen molar-refractivity contribution in [2.75, 3.05) is 0 Å². The molecule has 0 aliphatic carbocycles. The van der Waals surface area contributed by atoms with Crippen molar-refractivity contribution in [2.45, 2.75) is 0 Å². The average molecular weight is 189 g/mol. The van der Waals surface area contributed by atoms with E-state index < -0.39 is 5.97 Å². The third-order valence-corrected chi connectivity index (χ3v) is 2.04. The maximum Gasteiger partial charge on any atom is 0.336 e. The lowest BCUT2D eigenvalue weighted by Gasteiger charge is -1.94. The zero-order chi connectivity index (χ0) is 10.1. The van der Waals surface area contributed by atoms with Gasteiger partial charge in [0.15, 0.2) is 6.29 Å². The van der Waals surface area contributed by atoms with Gasteiger partial charge in [0, 0.05) is 10.9 Å².